The molecule has 0 aliphatic carbocycles. The van der Waals surface area contributed by atoms with Gasteiger partial charge in [0.2, 0.25) is 5.91 Å². The van der Waals surface area contributed by atoms with Gasteiger partial charge >= 0.3 is 5.97 Å². The monoisotopic (exact) mass is 426 g/mol. The van der Waals surface area contributed by atoms with Gasteiger partial charge in [0.05, 0.1) is 29.4 Å². The van der Waals surface area contributed by atoms with Crippen LogP contribution in [0.2, 0.25) is 0 Å². The quantitative estimate of drug-likeness (QED) is 0.586. The molecule has 0 aliphatic rings. The second-order valence-corrected chi connectivity index (χ2v) is 8.92. The van der Waals surface area contributed by atoms with Crippen LogP contribution in [0.3, 0.4) is 0 Å². The molecule has 1 aromatic carbocycles. The van der Waals surface area contributed by atoms with E-state index in [1.807, 2.05) is 58.0 Å². The van der Waals surface area contributed by atoms with Crippen LogP contribution in [-0.2, 0) is 16.1 Å². The Hall–Kier alpha value is -3.00. The number of esters is 1. The number of carbonyl (C=O) groups excluding carboxylic acids is 2. The molecule has 1 amide bonds. The minimum Gasteiger partial charge on any atom is -0.461 e. The molecular weight excluding hydrogens is 400 g/mol. The fraction of sp³-hybridized carbons (Fsp3) is 0.364. The second-order valence-electron chi connectivity index (χ2n) is 7.92. The maximum Gasteiger partial charge on any atom is 0.358 e. The summed E-state index contributed by atoms with van der Waals surface area (Å²) in [6.45, 7) is 9.97. The van der Waals surface area contributed by atoms with Crippen LogP contribution in [0.15, 0.2) is 36.4 Å². The van der Waals surface area contributed by atoms with E-state index in [1.165, 1.54) is 11.3 Å². The summed E-state index contributed by atoms with van der Waals surface area (Å²) in [5.41, 5.74) is 2.30. The lowest BCUT2D eigenvalue weighted by atomic mass is 9.96. The van der Waals surface area contributed by atoms with E-state index in [2.05, 4.69) is 15.4 Å². The molecule has 30 heavy (non-hydrogen) atoms. The van der Waals surface area contributed by atoms with E-state index in [0.29, 0.717) is 11.7 Å². The minimum absolute atomic E-state index is 0.104. The molecule has 0 radical (unpaired) electrons. The first-order chi connectivity index (χ1) is 14.2. The van der Waals surface area contributed by atoms with Gasteiger partial charge in [0, 0.05) is 5.41 Å². The number of thiazole rings is 1. The highest BCUT2D eigenvalue weighted by Crippen LogP contribution is 2.34. The zero-order chi connectivity index (χ0) is 21.9. The van der Waals surface area contributed by atoms with E-state index in [0.717, 1.165) is 21.8 Å². The summed E-state index contributed by atoms with van der Waals surface area (Å²) in [5, 5.41) is 7.88. The molecule has 2 heterocycles. The van der Waals surface area contributed by atoms with Crippen molar-refractivity contribution in [3.63, 3.8) is 0 Å². The average Bonchev–Trinajstić information content (AvgIpc) is 3.25. The SMILES string of the molecule is CCOC(=O)c1cc(-c2sc(NC(=O)C(C)(C)C)nc2C)n(Cc2ccccc2)n1. The third-order valence-electron chi connectivity index (χ3n) is 4.37. The number of benzene rings is 1. The Balaban J connectivity index is 1.99. The van der Waals surface area contributed by atoms with Crippen LogP contribution in [0.1, 0.15) is 49.4 Å². The molecule has 8 heteroatoms. The summed E-state index contributed by atoms with van der Waals surface area (Å²) < 4.78 is 6.90. The number of nitrogens with one attached hydrogen (secondary N) is 1. The largest absolute Gasteiger partial charge is 0.461 e. The standard InChI is InChI=1S/C22H26N4O3S/c1-6-29-19(27)16-12-17(26(25-16)13-15-10-8-7-9-11-15)18-14(2)23-21(30-18)24-20(28)22(3,4)5/h7-12H,6,13H2,1-5H3,(H,23,24,28). The molecule has 0 aliphatic heterocycles. The Morgan fingerprint density at radius 1 is 1.20 bits per heavy atom. The first kappa shape index (κ1) is 21.7. The Bertz CT molecular complexity index is 1050. The van der Waals surface area contributed by atoms with Gasteiger partial charge in [-0.25, -0.2) is 9.78 Å². The average molecular weight is 427 g/mol. The van der Waals surface area contributed by atoms with Crippen LogP contribution in [0.4, 0.5) is 5.13 Å². The third-order valence-corrected chi connectivity index (χ3v) is 5.47. The molecule has 0 bridgehead atoms. The van der Waals surface area contributed by atoms with Crippen molar-refractivity contribution >= 4 is 28.3 Å². The number of hydrogen-bond donors (Lipinski definition) is 1. The molecule has 3 aromatic rings. The lowest BCUT2D eigenvalue weighted by Crippen LogP contribution is -2.27. The van der Waals surface area contributed by atoms with Crippen molar-refractivity contribution in [1.29, 1.82) is 0 Å². The topological polar surface area (TPSA) is 86.1 Å². The summed E-state index contributed by atoms with van der Waals surface area (Å²) in [5.74, 6) is -0.568. The fourth-order valence-electron chi connectivity index (χ4n) is 2.75. The second kappa shape index (κ2) is 8.79. The summed E-state index contributed by atoms with van der Waals surface area (Å²) in [7, 11) is 0. The predicted molar refractivity (Wildman–Crippen MR) is 118 cm³/mol. The molecule has 3 rings (SSSR count). The van der Waals surface area contributed by atoms with Crippen molar-refractivity contribution in [3.8, 4) is 10.6 Å². The molecule has 158 valence electrons. The van der Waals surface area contributed by atoms with E-state index in [9.17, 15) is 9.59 Å². The van der Waals surface area contributed by atoms with Gasteiger partial charge in [0.25, 0.3) is 0 Å². The van der Waals surface area contributed by atoms with Crippen molar-refractivity contribution < 1.29 is 14.3 Å². The van der Waals surface area contributed by atoms with Crippen LogP contribution < -0.4 is 5.32 Å². The van der Waals surface area contributed by atoms with E-state index in [-0.39, 0.29) is 18.2 Å². The van der Waals surface area contributed by atoms with E-state index in [4.69, 9.17) is 4.74 Å². The number of aromatic nitrogens is 3. The van der Waals surface area contributed by atoms with Crippen LogP contribution >= 0.6 is 11.3 Å². The van der Waals surface area contributed by atoms with Crippen molar-refractivity contribution in [2.45, 2.75) is 41.2 Å². The Morgan fingerprint density at radius 3 is 2.53 bits per heavy atom. The van der Waals surface area contributed by atoms with Gasteiger partial charge in [-0.15, -0.1) is 0 Å². The Morgan fingerprint density at radius 2 is 1.90 bits per heavy atom. The summed E-state index contributed by atoms with van der Waals surface area (Å²) in [4.78, 5) is 30.0. The Labute approximate surface area is 180 Å². The van der Waals surface area contributed by atoms with E-state index >= 15 is 0 Å². The Kier molecular flexibility index (Phi) is 6.36. The third kappa shape index (κ3) is 4.94. The number of amides is 1. The number of ether oxygens (including phenoxy) is 1. The highest BCUT2D eigenvalue weighted by Gasteiger charge is 2.24. The fourth-order valence-corrected chi connectivity index (χ4v) is 3.74. The van der Waals surface area contributed by atoms with Gasteiger partial charge in [-0.2, -0.15) is 5.10 Å². The van der Waals surface area contributed by atoms with E-state index in [1.54, 1.807) is 17.7 Å². The van der Waals surface area contributed by atoms with E-state index < -0.39 is 11.4 Å². The van der Waals surface area contributed by atoms with Gasteiger partial charge in [0.15, 0.2) is 10.8 Å². The molecule has 2 aromatic heterocycles. The summed E-state index contributed by atoms with van der Waals surface area (Å²) >= 11 is 1.36. The molecule has 0 spiro atoms. The first-order valence-electron chi connectivity index (χ1n) is 9.77. The van der Waals surface area contributed by atoms with Crippen LogP contribution in [0.25, 0.3) is 10.6 Å². The zero-order valence-corrected chi connectivity index (χ0v) is 18.7. The molecular formula is C22H26N4O3S. The van der Waals surface area contributed by atoms with Crippen molar-refractivity contribution in [1.82, 2.24) is 14.8 Å². The van der Waals surface area contributed by atoms with Crippen LogP contribution in [-0.4, -0.2) is 33.2 Å². The lowest BCUT2D eigenvalue weighted by Gasteiger charge is -2.15. The minimum atomic E-state index is -0.522. The van der Waals surface area contributed by atoms with Crippen molar-refractivity contribution in [2.24, 2.45) is 5.41 Å². The summed E-state index contributed by atoms with van der Waals surface area (Å²) in [6, 6.07) is 11.6. The highest BCUT2D eigenvalue weighted by atomic mass is 32.1. The number of aryl methyl sites for hydroxylation is 1. The molecule has 0 fully saturated rings. The number of nitrogens with zero attached hydrogens (tertiary/aromatic N) is 3. The van der Waals surface area contributed by atoms with Crippen molar-refractivity contribution in [3.05, 3.63) is 53.3 Å². The summed E-state index contributed by atoms with van der Waals surface area (Å²) in [6.07, 6.45) is 0. The maximum absolute atomic E-state index is 12.3. The molecule has 7 nitrogen and oxygen atoms in total. The highest BCUT2D eigenvalue weighted by molar-refractivity contribution is 7.19. The normalized spacial score (nSPS) is 11.4. The van der Waals surface area contributed by atoms with Crippen LogP contribution in [0, 0.1) is 12.3 Å². The maximum atomic E-state index is 12.3. The van der Waals surface area contributed by atoms with Gasteiger partial charge < -0.3 is 10.1 Å². The van der Waals surface area contributed by atoms with Gasteiger partial charge in [-0.3, -0.25) is 9.48 Å². The number of hydrogen-bond acceptors (Lipinski definition) is 6. The molecule has 0 unspecified atom stereocenters. The van der Waals surface area contributed by atoms with Crippen LogP contribution in [0.5, 0.6) is 0 Å². The van der Waals surface area contributed by atoms with Gasteiger partial charge in [0.1, 0.15) is 0 Å². The number of anilines is 1. The lowest BCUT2D eigenvalue weighted by molar-refractivity contribution is -0.123. The van der Waals surface area contributed by atoms with Crippen molar-refractivity contribution in [2.75, 3.05) is 11.9 Å². The molecule has 0 atom stereocenters. The molecule has 0 saturated carbocycles. The predicted octanol–water partition coefficient (Wildman–Crippen LogP) is 4.52. The smallest absolute Gasteiger partial charge is 0.358 e. The number of rotatable bonds is 6. The van der Waals surface area contributed by atoms with Gasteiger partial charge in [-0.1, -0.05) is 62.4 Å². The molecule has 1 N–H and O–H groups in total. The number of carbonyl (C=O) groups is 2. The first-order valence-corrected chi connectivity index (χ1v) is 10.6. The zero-order valence-electron chi connectivity index (χ0n) is 17.9. The molecule has 0 saturated heterocycles. The van der Waals surface area contributed by atoms with Gasteiger partial charge in [-0.05, 0) is 25.5 Å².